The van der Waals surface area contributed by atoms with Crippen molar-refractivity contribution in [1.82, 2.24) is 0 Å². The van der Waals surface area contributed by atoms with Crippen LogP contribution in [0.4, 0.5) is 0 Å². The molecule has 0 bridgehead atoms. The number of esters is 1. The lowest BCUT2D eigenvalue weighted by Crippen LogP contribution is -2.15. The van der Waals surface area contributed by atoms with E-state index in [-0.39, 0.29) is 30.4 Å². The van der Waals surface area contributed by atoms with Gasteiger partial charge in [0.25, 0.3) is 0 Å². The van der Waals surface area contributed by atoms with Crippen LogP contribution >= 0.6 is 0 Å². The maximum absolute atomic E-state index is 11.5. The first-order valence-corrected chi connectivity index (χ1v) is 8.87. The second-order valence-electron chi connectivity index (χ2n) is 7.24. The number of rotatable bonds is 9. The number of hydrogen-bond acceptors (Lipinski definition) is 4. The van der Waals surface area contributed by atoms with E-state index in [0.29, 0.717) is 6.42 Å². The second-order valence-corrected chi connectivity index (χ2v) is 7.24. The normalized spacial score (nSPS) is 27.5. The Kier molecular flexibility index (Phi) is 6.81. The Labute approximate surface area is 145 Å². The Morgan fingerprint density at radius 2 is 1.88 bits per heavy atom. The highest BCUT2D eigenvalue weighted by Crippen LogP contribution is 2.40. The summed E-state index contributed by atoms with van der Waals surface area (Å²) in [4.78, 5) is 11.5. The van der Waals surface area contributed by atoms with Crippen molar-refractivity contribution >= 4 is 5.97 Å². The number of carbonyl (C=O) groups is 1. The van der Waals surface area contributed by atoms with Crippen LogP contribution in [0.2, 0.25) is 0 Å². The molecule has 0 aliphatic carbocycles. The predicted octanol–water partition coefficient (Wildman–Crippen LogP) is 4.05. The summed E-state index contributed by atoms with van der Waals surface area (Å²) in [5.74, 6) is -0.173. The SMILES string of the molecule is CC(C)=C[C@@H](O)C/C(C)=C/CC/C(C)=C/CC[C@H]1C(=O)O[C@H]2O[C@H]21. The molecule has 2 heterocycles. The summed E-state index contributed by atoms with van der Waals surface area (Å²) in [6.45, 7) is 8.19. The zero-order valence-electron chi connectivity index (χ0n) is 15.2. The molecule has 0 radical (unpaired) electrons. The van der Waals surface area contributed by atoms with E-state index in [4.69, 9.17) is 9.47 Å². The van der Waals surface area contributed by atoms with E-state index < -0.39 is 0 Å². The molecule has 2 aliphatic rings. The van der Waals surface area contributed by atoms with Gasteiger partial charge in [-0.05, 0) is 59.8 Å². The van der Waals surface area contributed by atoms with Crippen LogP contribution in [0.1, 0.15) is 59.8 Å². The molecule has 0 amide bonds. The zero-order valence-corrected chi connectivity index (χ0v) is 15.2. The van der Waals surface area contributed by atoms with Crippen LogP contribution in [0.5, 0.6) is 0 Å². The number of allylic oxidation sites excluding steroid dienone is 4. The fourth-order valence-corrected chi connectivity index (χ4v) is 3.12. The van der Waals surface area contributed by atoms with Crippen LogP contribution in [0.25, 0.3) is 0 Å². The van der Waals surface area contributed by atoms with Crippen LogP contribution in [-0.4, -0.2) is 29.6 Å². The summed E-state index contributed by atoms with van der Waals surface area (Å²) < 4.78 is 10.3. The third kappa shape index (κ3) is 5.91. The van der Waals surface area contributed by atoms with Crippen LogP contribution in [0.15, 0.2) is 34.9 Å². The van der Waals surface area contributed by atoms with Crippen LogP contribution in [0, 0.1) is 5.92 Å². The van der Waals surface area contributed by atoms with Gasteiger partial charge in [-0.25, -0.2) is 0 Å². The molecule has 2 fully saturated rings. The topological polar surface area (TPSA) is 59.1 Å². The van der Waals surface area contributed by atoms with E-state index in [0.717, 1.165) is 31.3 Å². The minimum absolute atomic E-state index is 0.0176. The van der Waals surface area contributed by atoms with Crippen molar-refractivity contribution in [1.29, 1.82) is 0 Å². The molecule has 4 nitrogen and oxygen atoms in total. The molecule has 4 atom stereocenters. The molecule has 4 heteroatoms. The molecule has 0 aromatic carbocycles. The van der Waals surface area contributed by atoms with Gasteiger partial charge < -0.3 is 14.6 Å². The van der Waals surface area contributed by atoms with Gasteiger partial charge >= 0.3 is 5.97 Å². The van der Waals surface area contributed by atoms with Crippen molar-refractivity contribution in [2.75, 3.05) is 0 Å². The van der Waals surface area contributed by atoms with Crippen molar-refractivity contribution in [2.45, 2.75) is 78.3 Å². The minimum atomic E-state index is -0.387. The molecule has 2 saturated heterocycles. The second kappa shape index (κ2) is 8.63. The quantitative estimate of drug-likeness (QED) is 0.392. The first kappa shape index (κ1) is 18.9. The van der Waals surface area contributed by atoms with E-state index in [1.807, 2.05) is 19.9 Å². The largest absolute Gasteiger partial charge is 0.433 e. The maximum atomic E-state index is 11.5. The van der Waals surface area contributed by atoms with Crippen molar-refractivity contribution < 1.29 is 19.4 Å². The standard InChI is InChI=1S/C20H30O4/c1-13(2)11-16(21)12-15(4)9-5-7-14(3)8-6-10-17-18-20(23-18)24-19(17)22/h8-9,11,16-18,20-21H,5-7,10,12H2,1-4H3/b14-8+,15-9+/t16-,17-,18+,20-/m1/s1. The monoisotopic (exact) mass is 334 g/mol. The Morgan fingerprint density at radius 1 is 1.17 bits per heavy atom. The lowest BCUT2D eigenvalue weighted by molar-refractivity contribution is -0.151. The molecule has 0 unspecified atom stereocenters. The highest BCUT2D eigenvalue weighted by atomic mass is 16.8. The number of aliphatic hydroxyl groups is 1. The third-order valence-corrected chi connectivity index (χ3v) is 4.47. The van der Waals surface area contributed by atoms with Crippen molar-refractivity contribution in [3.63, 3.8) is 0 Å². The van der Waals surface area contributed by atoms with Gasteiger partial charge in [-0.1, -0.05) is 34.9 Å². The number of ether oxygens (including phenoxy) is 2. The predicted molar refractivity (Wildman–Crippen MR) is 94.3 cm³/mol. The number of fused-ring (bicyclic) bond motifs is 1. The van der Waals surface area contributed by atoms with Gasteiger partial charge in [-0.2, -0.15) is 0 Å². The molecule has 0 aromatic rings. The Morgan fingerprint density at radius 3 is 2.50 bits per heavy atom. The summed E-state index contributed by atoms with van der Waals surface area (Å²) in [5.41, 5.74) is 3.70. The van der Waals surface area contributed by atoms with Crippen LogP contribution in [-0.2, 0) is 14.3 Å². The van der Waals surface area contributed by atoms with E-state index in [1.54, 1.807) is 0 Å². The number of hydrogen-bond donors (Lipinski definition) is 1. The molecule has 0 spiro atoms. The van der Waals surface area contributed by atoms with Gasteiger partial charge in [0.15, 0.2) is 0 Å². The molecule has 24 heavy (non-hydrogen) atoms. The molecular weight excluding hydrogens is 304 g/mol. The number of epoxide rings is 1. The molecule has 2 rings (SSSR count). The summed E-state index contributed by atoms with van der Waals surface area (Å²) in [7, 11) is 0. The number of carbonyl (C=O) groups excluding carboxylic acids is 1. The smallest absolute Gasteiger partial charge is 0.314 e. The summed E-state index contributed by atoms with van der Waals surface area (Å²) in [6.07, 6.45) is 10.1. The molecule has 0 saturated carbocycles. The summed E-state index contributed by atoms with van der Waals surface area (Å²) in [6, 6.07) is 0. The first-order valence-electron chi connectivity index (χ1n) is 8.87. The van der Waals surface area contributed by atoms with Gasteiger partial charge in [0, 0.05) is 0 Å². The summed E-state index contributed by atoms with van der Waals surface area (Å²) >= 11 is 0. The van der Waals surface area contributed by atoms with E-state index in [1.165, 1.54) is 11.1 Å². The summed E-state index contributed by atoms with van der Waals surface area (Å²) in [5, 5.41) is 9.89. The van der Waals surface area contributed by atoms with Gasteiger partial charge in [-0.3, -0.25) is 4.79 Å². The van der Waals surface area contributed by atoms with Gasteiger partial charge in [0.1, 0.15) is 6.10 Å². The molecule has 1 N–H and O–H groups in total. The highest BCUT2D eigenvalue weighted by molar-refractivity contribution is 5.76. The van der Waals surface area contributed by atoms with E-state index >= 15 is 0 Å². The Balaban J connectivity index is 1.64. The molecular formula is C20H30O4. The number of aliphatic hydroxyl groups excluding tert-OH is 1. The third-order valence-electron chi connectivity index (χ3n) is 4.47. The fourth-order valence-electron chi connectivity index (χ4n) is 3.12. The van der Waals surface area contributed by atoms with Gasteiger partial charge in [0.05, 0.1) is 12.0 Å². The molecule has 0 aromatic heterocycles. The van der Waals surface area contributed by atoms with Crippen LogP contribution in [0.3, 0.4) is 0 Å². The Bertz CT molecular complexity index is 540. The fraction of sp³-hybridized carbons (Fsp3) is 0.650. The van der Waals surface area contributed by atoms with Crippen molar-refractivity contribution in [2.24, 2.45) is 5.92 Å². The van der Waals surface area contributed by atoms with Crippen molar-refractivity contribution in [3.05, 3.63) is 34.9 Å². The lowest BCUT2D eigenvalue weighted by atomic mass is 9.99. The average Bonchev–Trinajstić information content (AvgIpc) is 3.14. The van der Waals surface area contributed by atoms with E-state index in [2.05, 4.69) is 26.0 Å². The van der Waals surface area contributed by atoms with Crippen LogP contribution < -0.4 is 0 Å². The maximum Gasteiger partial charge on any atom is 0.314 e. The minimum Gasteiger partial charge on any atom is -0.433 e. The molecule has 2 aliphatic heterocycles. The highest BCUT2D eigenvalue weighted by Gasteiger charge is 2.57. The lowest BCUT2D eigenvalue weighted by Gasteiger charge is -2.08. The zero-order chi connectivity index (χ0) is 17.7. The van der Waals surface area contributed by atoms with Crippen molar-refractivity contribution in [3.8, 4) is 0 Å². The molecule has 134 valence electrons. The average molecular weight is 334 g/mol. The van der Waals surface area contributed by atoms with Gasteiger partial charge in [0.2, 0.25) is 6.29 Å². The first-order chi connectivity index (χ1) is 11.4. The van der Waals surface area contributed by atoms with E-state index in [9.17, 15) is 9.90 Å². The Hall–Kier alpha value is -1.39. The van der Waals surface area contributed by atoms with Gasteiger partial charge in [-0.15, -0.1) is 0 Å².